The summed E-state index contributed by atoms with van der Waals surface area (Å²) < 4.78 is 18.8. The van der Waals surface area contributed by atoms with Gasteiger partial charge in [-0.2, -0.15) is 0 Å². The first-order valence-corrected chi connectivity index (χ1v) is 8.46. The normalized spacial score (nSPS) is 11.6. The van der Waals surface area contributed by atoms with Crippen molar-refractivity contribution in [2.24, 2.45) is 0 Å². The number of nitrogens with one attached hydrogen (secondary N) is 1. The van der Waals surface area contributed by atoms with E-state index in [4.69, 9.17) is 4.74 Å². The lowest BCUT2D eigenvalue weighted by atomic mass is 10.1. The summed E-state index contributed by atoms with van der Waals surface area (Å²) >= 11 is 0. The Balaban J connectivity index is 1.56. The summed E-state index contributed by atoms with van der Waals surface area (Å²) in [6.07, 6.45) is 0.485. The van der Waals surface area contributed by atoms with E-state index < -0.39 is 11.9 Å². The highest BCUT2D eigenvalue weighted by Gasteiger charge is 2.12. The predicted octanol–water partition coefficient (Wildman–Crippen LogP) is 3.26. The van der Waals surface area contributed by atoms with Gasteiger partial charge in [0.05, 0.1) is 6.10 Å². The number of hydrogen-bond donors (Lipinski definition) is 2. The topological polar surface area (TPSA) is 71.5 Å². The molecule has 0 bridgehead atoms. The minimum atomic E-state index is -1.000. The number of aliphatic hydroxyl groups is 1. The van der Waals surface area contributed by atoms with E-state index in [1.54, 1.807) is 12.1 Å². The van der Waals surface area contributed by atoms with Crippen molar-refractivity contribution in [3.8, 4) is 5.88 Å². The van der Waals surface area contributed by atoms with Gasteiger partial charge in [-0.25, -0.2) is 9.37 Å². The van der Waals surface area contributed by atoms with E-state index in [0.29, 0.717) is 23.6 Å². The quantitative estimate of drug-likeness (QED) is 0.673. The van der Waals surface area contributed by atoms with Crippen molar-refractivity contribution >= 4 is 5.91 Å². The van der Waals surface area contributed by atoms with Crippen LogP contribution in [-0.4, -0.2) is 22.5 Å². The Morgan fingerprint density at radius 1 is 1.11 bits per heavy atom. The molecule has 0 saturated carbocycles. The average molecular weight is 366 g/mol. The summed E-state index contributed by atoms with van der Waals surface area (Å²) in [5.41, 5.74) is 1.75. The second kappa shape index (κ2) is 8.91. The third-order valence-electron chi connectivity index (χ3n) is 3.92. The number of hydrogen-bond acceptors (Lipinski definition) is 4. The molecular formula is C21H19FN2O3. The van der Waals surface area contributed by atoms with Crippen molar-refractivity contribution in [3.05, 3.63) is 95.4 Å². The summed E-state index contributed by atoms with van der Waals surface area (Å²) in [6.45, 7) is 0.308. The zero-order chi connectivity index (χ0) is 19.1. The van der Waals surface area contributed by atoms with E-state index in [1.807, 2.05) is 30.3 Å². The fourth-order valence-corrected chi connectivity index (χ4v) is 2.48. The molecule has 1 aromatic heterocycles. The number of benzene rings is 2. The van der Waals surface area contributed by atoms with Gasteiger partial charge in [0.25, 0.3) is 5.91 Å². The van der Waals surface area contributed by atoms with Crippen molar-refractivity contribution in [2.75, 3.05) is 6.54 Å². The molecule has 1 unspecified atom stereocenters. The van der Waals surface area contributed by atoms with Crippen molar-refractivity contribution in [1.29, 1.82) is 0 Å². The number of carbonyl (C=O) groups excluding carboxylic acids is 1. The summed E-state index contributed by atoms with van der Waals surface area (Å²) in [4.78, 5) is 16.4. The lowest BCUT2D eigenvalue weighted by Crippen LogP contribution is -2.28. The van der Waals surface area contributed by atoms with E-state index in [0.717, 1.165) is 5.56 Å². The van der Waals surface area contributed by atoms with Crippen molar-refractivity contribution < 1.29 is 19.0 Å². The van der Waals surface area contributed by atoms with Gasteiger partial charge in [0.2, 0.25) is 5.88 Å². The van der Waals surface area contributed by atoms with Gasteiger partial charge in [0.15, 0.2) is 0 Å². The number of ether oxygens (including phenoxy) is 1. The van der Waals surface area contributed by atoms with Crippen LogP contribution in [0, 0.1) is 5.82 Å². The fraction of sp³-hybridized carbons (Fsp3) is 0.143. The first-order valence-electron chi connectivity index (χ1n) is 8.46. The Morgan fingerprint density at radius 3 is 2.70 bits per heavy atom. The Hall–Kier alpha value is -3.25. The van der Waals surface area contributed by atoms with E-state index in [1.165, 1.54) is 30.5 Å². The van der Waals surface area contributed by atoms with Crippen molar-refractivity contribution in [3.63, 3.8) is 0 Å². The van der Waals surface area contributed by atoms with Crippen LogP contribution in [0.2, 0.25) is 0 Å². The van der Waals surface area contributed by atoms with Crippen molar-refractivity contribution in [1.82, 2.24) is 10.3 Å². The van der Waals surface area contributed by atoms with E-state index in [9.17, 15) is 14.3 Å². The number of carbonyl (C=O) groups is 1. The van der Waals surface area contributed by atoms with E-state index in [-0.39, 0.29) is 12.5 Å². The second-order valence-electron chi connectivity index (χ2n) is 5.94. The van der Waals surface area contributed by atoms with E-state index in [2.05, 4.69) is 10.3 Å². The summed E-state index contributed by atoms with van der Waals surface area (Å²) in [5.74, 6) is -0.484. The van der Waals surface area contributed by atoms with Gasteiger partial charge in [-0.15, -0.1) is 0 Å². The minimum absolute atomic E-state index is 0.0369. The van der Waals surface area contributed by atoms with Crippen LogP contribution in [0.15, 0.2) is 72.9 Å². The fourth-order valence-electron chi connectivity index (χ4n) is 2.48. The molecule has 0 spiro atoms. The van der Waals surface area contributed by atoms with Gasteiger partial charge in [-0.1, -0.05) is 42.5 Å². The third kappa shape index (κ3) is 5.36. The molecular weight excluding hydrogens is 347 g/mol. The smallest absolute Gasteiger partial charge is 0.251 e. The number of rotatable bonds is 7. The number of aliphatic hydroxyl groups excluding tert-OH is 1. The van der Waals surface area contributed by atoms with Crippen LogP contribution in [0.25, 0.3) is 0 Å². The molecule has 27 heavy (non-hydrogen) atoms. The maximum absolute atomic E-state index is 13.2. The molecule has 0 aliphatic carbocycles. The number of aromatic nitrogens is 1. The molecule has 0 aliphatic heterocycles. The van der Waals surface area contributed by atoms with E-state index >= 15 is 0 Å². The Labute approximate surface area is 156 Å². The lowest BCUT2D eigenvalue weighted by molar-refractivity contribution is 0.0915. The molecule has 138 valence electrons. The van der Waals surface area contributed by atoms with Crippen LogP contribution in [0.1, 0.15) is 27.6 Å². The standard InChI is InChI=1S/C21H19FN2O3/c22-18-8-4-7-16(11-18)19(25)13-24-21(26)17-9-10-23-20(12-17)27-14-15-5-2-1-3-6-15/h1-12,19,25H,13-14H2,(H,24,26). The third-order valence-corrected chi connectivity index (χ3v) is 3.92. The molecule has 1 heterocycles. The van der Waals surface area contributed by atoms with Crippen LogP contribution in [0.3, 0.4) is 0 Å². The number of nitrogens with zero attached hydrogens (tertiary/aromatic N) is 1. The Morgan fingerprint density at radius 2 is 1.93 bits per heavy atom. The zero-order valence-corrected chi connectivity index (χ0v) is 14.5. The molecule has 6 heteroatoms. The minimum Gasteiger partial charge on any atom is -0.473 e. The monoisotopic (exact) mass is 366 g/mol. The first kappa shape index (κ1) is 18.5. The molecule has 2 aromatic carbocycles. The Bertz CT molecular complexity index is 903. The Kier molecular flexibility index (Phi) is 6.12. The summed E-state index contributed by atoms with van der Waals surface area (Å²) in [6, 6.07) is 18.4. The summed E-state index contributed by atoms with van der Waals surface area (Å²) in [5, 5.41) is 12.7. The van der Waals surface area contributed by atoms with Crippen LogP contribution in [0.5, 0.6) is 5.88 Å². The first-order chi connectivity index (χ1) is 13.1. The SMILES string of the molecule is O=C(NCC(O)c1cccc(F)c1)c1ccnc(OCc2ccccc2)c1. The number of amides is 1. The molecule has 3 rings (SSSR count). The van der Waals surface area contributed by atoms with Crippen LogP contribution < -0.4 is 10.1 Å². The average Bonchev–Trinajstić information content (AvgIpc) is 2.71. The maximum atomic E-state index is 13.2. The zero-order valence-electron chi connectivity index (χ0n) is 14.5. The van der Waals surface area contributed by atoms with Crippen LogP contribution in [-0.2, 0) is 6.61 Å². The van der Waals surface area contributed by atoms with Gasteiger partial charge in [-0.3, -0.25) is 4.79 Å². The highest BCUT2D eigenvalue weighted by Crippen LogP contribution is 2.14. The lowest BCUT2D eigenvalue weighted by Gasteiger charge is -2.13. The highest BCUT2D eigenvalue weighted by atomic mass is 19.1. The van der Waals surface area contributed by atoms with Crippen molar-refractivity contribution in [2.45, 2.75) is 12.7 Å². The molecule has 1 atom stereocenters. The van der Waals surface area contributed by atoms with Gasteiger partial charge in [0, 0.05) is 24.4 Å². The highest BCUT2D eigenvalue weighted by molar-refractivity contribution is 5.94. The molecule has 3 aromatic rings. The molecule has 0 saturated heterocycles. The molecule has 2 N–H and O–H groups in total. The molecule has 0 fully saturated rings. The van der Waals surface area contributed by atoms with Gasteiger partial charge in [0.1, 0.15) is 12.4 Å². The molecule has 0 aliphatic rings. The number of halogens is 1. The largest absolute Gasteiger partial charge is 0.473 e. The molecule has 1 amide bonds. The molecule has 5 nitrogen and oxygen atoms in total. The molecule has 0 radical (unpaired) electrons. The maximum Gasteiger partial charge on any atom is 0.251 e. The second-order valence-corrected chi connectivity index (χ2v) is 5.94. The van der Waals surface area contributed by atoms with Crippen LogP contribution in [0.4, 0.5) is 4.39 Å². The van der Waals surface area contributed by atoms with Gasteiger partial charge >= 0.3 is 0 Å². The predicted molar refractivity (Wildman–Crippen MR) is 98.7 cm³/mol. The van der Waals surface area contributed by atoms with Gasteiger partial charge < -0.3 is 15.2 Å². The van der Waals surface area contributed by atoms with Gasteiger partial charge in [-0.05, 0) is 29.3 Å². The number of pyridine rings is 1. The summed E-state index contributed by atoms with van der Waals surface area (Å²) in [7, 11) is 0. The van der Waals surface area contributed by atoms with Crippen LogP contribution >= 0.6 is 0 Å².